The first-order chi connectivity index (χ1) is 12.8. The molecule has 2 N–H and O–H groups in total. The van der Waals surface area contributed by atoms with Gasteiger partial charge in [0, 0.05) is 11.1 Å². The average molecular weight is 374 g/mol. The van der Waals surface area contributed by atoms with Gasteiger partial charge in [-0.15, -0.1) is 0 Å². The van der Waals surface area contributed by atoms with Crippen LogP contribution in [0.1, 0.15) is 103 Å². The number of ether oxygens (including phenoxy) is 1. The van der Waals surface area contributed by atoms with E-state index in [0.717, 1.165) is 24.0 Å². The first-order valence-corrected chi connectivity index (χ1v) is 10.5. The van der Waals surface area contributed by atoms with Gasteiger partial charge in [0.25, 0.3) is 0 Å². The van der Waals surface area contributed by atoms with Gasteiger partial charge in [0.2, 0.25) is 0 Å². The average Bonchev–Trinajstić information content (AvgIpc) is 2.62. The number of rotatable bonds is 13. The maximum Gasteiger partial charge on any atom is 0.333 e. The largest absolute Gasteiger partial charge is 0.454 e. The van der Waals surface area contributed by atoms with Crippen LogP contribution in [0.4, 0.5) is 0 Å². The zero-order valence-electron chi connectivity index (χ0n) is 17.9. The first kappa shape index (κ1) is 23.4. The van der Waals surface area contributed by atoms with E-state index in [0.29, 0.717) is 5.57 Å². The highest BCUT2D eigenvalue weighted by molar-refractivity contribution is 5.87. The van der Waals surface area contributed by atoms with Crippen LogP contribution in [-0.2, 0) is 15.1 Å². The van der Waals surface area contributed by atoms with E-state index >= 15 is 0 Å². The molecule has 1 aromatic rings. The van der Waals surface area contributed by atoms with E-state index in [2.05, 4.69) is 13.5 Å². The summed E-state index contributed by atoms with van der Waals surface area (Å²) < 4.78 is 5.80. The van der Waals surface area contributed by atoms with Crippen molar-refractivity contribution in [2.45, 2.75) is 97.1 Å². The number of esters is 1. The number of carbonyl (C=O) groups is 1. The quantitative estimate of drug-likeness (QED) is 0.242. The molecule has 0 saturated carbocycles. The minimum atomic E-state index is -0.482. The summed E-state index contributed by atoms with van der Waals surface area (Å²) in [4.78, 5) is 12.2. The standard InChI is InChI=1S/C24H39NO2/c1-6-7-8-9-10-11-12-13-18-22(27-23(26)19(2)3)20-16-14-15-17-21(20)24(4,5)25/h14-17,22H,2,6-13,18,25H2,1,3-5H3. The lowest BCUT2D eigenvalue weighted by molar-refractivity contribution is -0.145. The number of hydrogen-bond acceptors (Lipinski definition) is 3. The molecule has 0 saturated heterocycles. The monoisotopic (exact) mass is 373 g/mol. The molecule has 0 fully saturated rings. The van der Waals surface area contributed by atoms with E-state index < -0.39 is 5.54 Å². The van der Waals surface area contributed by atoms with E-state index in [-0.39, 0.29) is 12.1 Å². The zero-order chi connectivity index (χ0) is 20.3. The molecule has 0 radical (unpaired) electrons. The summed E-state index contributed by atoms with van der Waals surface area (Å²) in [7, 11) is 0. The Hall–Kier alpha value is -1.61. The molecule has 27 heavy (non-hydrogen) atoms. The van der Waals surface area contributed by atoms with Crippen molar-refractivity contribution in [3.63, 3.8) is 0 Å². The van der Waals surface area contributed by atoms with Crippen LogP contribution in [0, 0.1) is 0 Å². The van der Waals surface area contributed by atoms with Gasteiger partial charge in [0.05, 0.1) is 0 Å². The topological polar surface area (TPSA) is 52.3 Å². The predicted octanol–water partition coefficient (Wildman–Crippen LogP) is 6.57. The van der Waals surface area contributed by atoms with Crippen LogP contribution >= 0.6 is 0 Å². The first-order valence-electron chi connectivity index (χ1n) is 10.5. The Morgan fingerprint density at radius 2 is 1.63 bits per heavy atom. The van der Waals surface area contributed by atoms with E-state index in [1.165, 1.54) is 44.9 Å². The molecule has 1 unspecified atom stereocenters. The SMILES string of the molecule is C=C(C)C(=O)OC(CCCCCCCCCC)c1ccccc1C(C)(C)N. The summed E-state index contributed by atoms with van der Waals surface area (Å²) in [5.41, 5.74) is 8.36. The van der Waals surface area contributed by atoms with Crippen LogP contribution in [0.25, 0.3) is 0 Å². The number of carbonyl (C=O) groups excluding carboxylic acids is 1. The molecule has 0 heterocycles. The fourth-order valence-electron chi connectivity index (χ4n) is 3.34. The molecular formula is C24H39NO2. The van der Waals surface area contributed by atoms with Crippen molar-refractivity contribution in [3.05, 3.63) is 47.5 Å². The molecule has 1 rings (SSSR count). The molecule has 152 valence electrons. The second kappa shape index (κ2) is 12.0. The lowest BCUT2D eigenvalue weighted by Crippen LogP contribution is -2.31. The van der Waals surface area contributed by atoms with Gasteiger partial charge in [0.1, 0.15) is 6.10 Å². The molecule has 3 nitrogen and oxygen atoms in total. The van der Waals surface area contributed by atoms with E-state index in [1.54, 1.807) is 6.92 Å². The Kier molecular flexibility index (Phi) is 10.4. The molecular weight excluding hydrogens is 334 g/mol. The van der Waals surface area contributed by atoms with Gasteiger partial charge in [-0.2, -0.15) is 0 Å². The van der Waals surface area contributed by atoms with Gasteiger partial charge in [-0.05, 0) is 44.7 Å². The molecule has 1 atom stereocenters. The molecule has 0 bridgehead atoms. The molecule has 0 spiro atoms. The van der Waals surface area contributed by atoms with E-state index in [1.807, 2.05) is 38.1 Å². The highest BCUT2D eigenvalue weighted by Crippen LogP contribution is 2.32. The number of hydrogen-bond donors (Lipinski definition) is 1. The molecule has 0 aliphatic carbocycles. The normalized spacial score (nSPS) is 12.6. The van der Waals surface area contributed by atoms with Crippen LogP contribution in [-0.4, -0.2) is 5.97 Å². The highest BCUT2D eigenvalue weighted by atomic mass is 16.5. The number of unbranched alkanes of at least 4 members (excludes halogenated alkanes) is 7. The fourth-order valence-corrected chi connectivity index (χ4v) is 3.34. The van der Waals surface area contributed by atoms with Crippen LogP contribution in [0.5, 0.6) is 0 Å². The van der Waals surface area contributed by atoms with Crippen molar-refractivity contribution in [2.24, 2.45) is 5.73 Å². The Labute approximate surface area is 166 Å². The molecule has 3 heteroatoms. The van der Waals surface area contributed by atoms with Gasteiger partial charge in [0.15, 0.2) is 0 Å². The smallest absolute Gasteiger partial charge is 0.333 e. The fraction of sp³-hybridized carbons (Fsp3) is 0.625. The summed E-state index contributed by atoms with van der Waals surface area (Å²) in [6.45, 7) is 11.6. The maximum absolute atomic E-state index is 12.2. The van der Waals surface area contributed by atoms with Crippen molar-refractivity contribution >= 4 is 5.97 Å². The Balaban J connectivity index is 2.73. The Morgan fingerprint density at radius 1 is 1.07 bits per heavy atom. The lowest BCUT2D eigenvalue weighted by atomic mass is 9.87. The second-order valence-corrected chi connectivity index (χ2v) is 8.25. The summed E-state index contributed by atoms with van der Waals surface area (Å²) >= 11 is 0. The van der Waals surface area contributed by atoms with Crippen LogP contribution < -0.4 is 5.73 Å². The summed E-state index contributed by atoms with van der Waals surface area (Å²) in [6, 6.07) is 8.04. The van der Waals surface area contributed by atoms with Crippen molar-refractivity contribution in [1.82, 2.24) is 0 Å². The van der Waals surface area contributed by atoms with Gasteiger partial charge in [-0.3, -0.25) is 0 Å². The van der Waals surface area contributed by atoms with Crippen molar-refractivity contribution in [1.29, 1.82) is 0 Å². The van der Waals surface area contributed by atoms with E-state index in [9.17, 15) is 4.79 Å². The molecule has 0 aliphatic heterocycles. The minimum Gasteiger partial charge on any atom is -0.454 e. The third-order valence-electron chi connectivity index (χ3n) is 4.92. The minimum absolute atomic E-state index is 0.270. The highest BCUT2D eigenvalue weighted by Gasteiger charge is 2.25. The lowest BCUT2D eigenvalue weighted by Gasteiger charge is -2.27. The van der Waals surface area contributed by atoms with E-state index in [4.69, 9.17) is 10.5 Å². The second-order valence-electron chi connectivity index (χ2n) is 8.25. The van der Waals surface area contributed by atoms with Gasteiger partial charge in [-0.1, -0.05) is 82.7 Å². The van der Waals surface area contributed by atoms with Crippen molar-refractivity contribution in [3.8, 4) is 0 Å². The van der Waals surface area contributed by atoms with Crippen molar-refractivity contribution in [2.75, 3.05) is 0 Å². The summed E-state index contributed by atoms with van der Waals surface area (Å²) in [6.07, 6.45) is 10.6. The maximum atomic E-state index is 12.2. The molecule has 1 aromatic carbocycles. The number of benzene rings is 1. The third kappa shape index (κ3) is 8.75. The molecule has 0 aliphatic rings. The molecule has 0 aromatic heterocycles. The third-order valence-corrected chi connectivity index (χ3v) is 4.92. The summed E-state index contributed by atoms with van der Waals surface area (Å²) in [5, 5.41) is 0. The summed E-state index contributed by atoms with van der Waals surface area (Å²) in [5.74, 6) is -0.329. The Bertz CT molecular complexity index is 586. The van der Waals surface area contributed by atoms with Gasteiger partial charge in [-0.25, -0.2) is 4.79 Å². The van der Waals surface area contributed by atoms with Crippen LogP contribution in [0.2, 0.25) is 0 Å². The zero-order valence-corrected chi connectivity index (χ0v) is 17.9. The number of nitrogens with two attached hydrogens (primary N) is 1. The van der Waals surface area contributed by atoms with Crippen LogP contribution in [0.15, 0.2) is 36.4 Å². The predicted molar refractivity (Wildman–Crippen MR) is 115 cm³/mol. The van der Waals surface area contributed by atoms with Crippen LogP contribution in [0.3, 0.4) is 0 Å². The van der Waals surface area contributed by atoms with Gasteiger partial charge >= 0.3 is 5.97 Å². The Morgan fingerprint density at radius 3 is 2.19 bits per heavy atom. The van der Waals surface area contributed by atoms with Gasteiger partial charge < -0.3 is 10.5 Å². The van der Waals surface area contributed by atoms with Crippen molar-refractivity contribution < 1.29 is 9.53 Å². The molecule has 0 amide bonds.